The largest absolute Gasteiger partial charge is 0.319 e. The zero-order chi connectivity index (χ0) is 14.7. The number of amides is 1. The van der Waals surface area contributed by atoms with Crippen LogP contribution < -0.4 is 5.32 Å². The van der Waals surface area contributed by atoms with Gasteiger partial charge in [0, 0.05) is 11.3 Å². The van der Waals surface area contributed by atoms with Gasteiger partial charge in [0.05, 0.1) is 0 Å². The predicted octanol–water partition coefficient (Wildman–Crippen LogP) is 3.03. The van der Waals surface area contributed by atoms with Crippen molar-refractivity contribution in [2.75, 3.05) is 5.32 Å². The van der Waals surface area contributed by atoms with Crippen molar-refractivity contribution >= 4 is 11.6 Å². The number of anilines is 1. The van der Waals surface area contributed by atoms with Crippen molar-refractivity contribution < 1.29 is 4.79 Å². The van der Waals surface area contributed by atoms with Crippen LogP contribution in [-0.4, -0.2) is 21.1 Å². The molecule has 0 aliphatic carbocycles. The second kappa shape index (κ2) is 5.58. The van der Waals surface area contributed by atoms with Crippen LogP contribution in [0.25, 0.3) is 11.1 Å². The van der Waals surface area contributed by atoms with Crippen molar-refractivity contribution in [3.8, 4) is 11.1 Å². The lowest BCUT2D eigenvalue weighted by atomic mass is 10.0. The molecule has 0 bridgehead atoms. The van der Waals surface area contributed by atoms with Crippen molar-refractivity contribution in [3.05, 3.63) is 66.2 Å². The van der Waals surface area contributed by atoms with Gasteiger partial charge in [-0.05, 0) is 18.6 Å². The number of carbonyl (C=O) groups excluding carboxylic acids is 1. The first-order valence-electron chi connectivity index (χ1n) is 6.59. The molecule has 104 valence electrons. The quantitative estimate of drug-likeness (QED) is 0.773. The van der Waals surface area contributed by atoms with Gasteiger partial charge in [-0.15, -0.1) is 5.10 Å². The molecule has 0 unspecified atom stereocenters. The molecule has 21 heavy (non-hydrogen) atoms. The van der Waals surface area contributed by atoms with Crippen molar-refractivity contribution in [1.29, 1.82) is 0 Å². The Morgan fingerprint density at radius 1 is 1.05 bits per heavy atom. The van der Waals surface area contributed by atoms with Gasteiger partial charge in [0.15, 0.2) is 0 Å². The van der Waals surface area contributed by atoms with Crippen LogP contribution in [0.5, 0.6) is 0 Å². The molecule has 0 saturated carbocycles. The van der Waals surface area contributed by atoms with E-state index in [9.17, 15) is 4.79 Å². The average Bonchev–Trinajstić information content (AvgIpc) is 2.95. The molecule has 0 atom stereocenters. The first-order valence-corrected chi connectivity index (χ1v) is 6.59. The number of hydrogen-bond acceptors (Lipinski definition) is 3. The lowest BCUT2D eigenvalue weighted by Crippen LogP contribution is -2.14. The number of benzene rings is 2. The topological polar surface area (TPSA) is 70.7 Å². The van der Waals surface area contributed by atoms with E-state index in [-0.39, 0.29) is 11.7 Å². The van der Waals surface area contributed by atoms with Crippen LogP contribution in [0.15, 0.2) is 54.6 Å². The molecule has 5 nitrogen and oxygen atoms in total. The van der Waals surface area contributed by atoms with Gasteiger partial charge in [-0.1, -0.05) is 48.5 Å². The van der Waals surface area contributed by atoms with Crippen LogP contribution >= 0.6 is 0 Å². The van der Waals surface area contributed by atoms with Crippen LogP contribution in [0.4, 0.5) is 5.69 Å². The number of rotatable bonds is 3. The smallest absolute Gasteiger partial charge is 0.295 e. The molecule has 0 saturated heterocycles. The Morgan fingerprint density at radius 3 is 2.48 bits per heavy atom. The van der Waals surface area contributed by atoms with E-state index in [1.165, 1.54) is 0 Å². The van der Waals surface area contributed by atoms with Gasteiger partial charge in [-0.25, -0.2) is 4.98 Å². The lowest BCUT2D eigenvalue weighted by Gasteiger charge is -2.10. The normalized spacial score (nSPS) is 10.3. The van der Waals surface area contributed by atoms with Gasteiger partial charge in [-0.3, -0.25) is 9.89 Å². The molecule has 2 aromatic carbocycles. The Hall–Kier alpha value is -2.95. The number of carbonyl (C=O) groups is 1. The fourth-order valence-corrected chi connectivity index (χ4v) is 2.08. The third kappa shape index (κ3) is 2.81. The van der Waals surface area contributed by atoms with Gasteiger partial charge in [0.2, 0.25) is 5.82 Å². The highest BCUT2D eigenvalue weighted by Gasteiger charge is 2.13. The molecule has 1 amide bonds. The molecule has 0 aliphatic rings. The SMILES string of the molecule is Cc1nc(C(=O)Nc2ccccc2-c2ccccc2)n[nH]1. The lowest BCUT2D eigenvalue weighted by molar-refractivity contribution is 0.101. The van der Waals surface area contributed by atoms with Crippen molar-refractivity contribution in [2.45, 2.75) is 6.92 Å². The van der Waals surface area contributed by atoms with E-state index in [1.54, 1.807) is 6.92 Å². The zero-order valence-corrected chi connectivity index (χ0v) is 11.5. The second-order valence-electron chi connectivity index (χ2n) is 4.61. The maximum atomic E-state index is 12.2. The highest BCUT2D eigenvalue weighted by Crippen LogP contribution is 2.27. The number of nitrogens with one attached hydrogen (secondary N) is 2. The Labute approximate surface area is 122 Å². The number of aromatic nitrogens is 3. The van der Waals surface area contributed by atoms with Crippen LogP contribution in [0.1, 0.15) is 16.4 Å². The molecular weight excluding hydrogens is 264 g/mol. The fraction of sp³-hybridized carbons (Fsp3) is 0.0625. The summed E-state index contributed by atoms with van der Waals surface area (Å²) in [7, 11) is 0. The highest BCUT2D eigenvalue weighted by molar-refractivity contribution is 6.03. The third-order valence-electron chi connectivity index (χ3n) is 3.06. The minimum absolute atomic E-state index is 0.135. The summed E-state index contributed by atoms with van der Waals surface area (Å²) in [4.78, 5) is 16.2. The van der Waals surface area contributed by atoms with E-state index in [2.05, 4.69) is 20.5 Å². The Bertz CT molecular complexity index is 765. The van der Waals surface area contributed by atoms with E-state index < -0.39 is 0 Å². The summed E-state index contributed by atoms with van der Waals surface area (Å²) in [5.74, 6) is 0.412. The molecule has 0 radical (unpaired) electrons. The van der Waals surface area contributed by atoms with Gasteiger partial charge in [-0.2, -0.15) is 0 Å². The summed E-state index contributed by atoms with van der Waals surface area (Å²) in [5, 5.41) is 9.38. The Kier molecular flexibility index (Phi) is 3.47. The molecule has 0 aliphatic heterocycles. The summed E-state index contributed by atoms with van der Waals surface area (Å²) in [5.41, 5.74) is 2.73. The van der Waals surface area contributed by atoms with E-state index in [0.717, 1.165) is 16.8 Å². The maximum absolute atomic E-state index is 12.2. The van der Waals surface area contributed by atoms with Gasteiger partial charge < -0.3 is 5.32 Å². The van der Waals surface area contributed by atoms with Crippen molar-refractivity contribution in [1.82, 2.24) is 15.2 Å². The molecule has 2 N–H and O–H groups in total. The summed E-state index contributed by atoms with van der Waals surface area (Å²) >= 11 is 0. The summed E-state index contributed by atoms with van der Waals surface area (Å²) in [6, 6.07) is 17.5. The summed E-state index contributed by atoms with van der Waals surface area (Å²) in [6.07, 6.45) is 0. The zero-order valence-electron chi connectivity index (χ0n) is 11.5. The molecule has 0 fully saturated rings. The van der Waals surface area contributed by atoms with E-state index in [4.69, 9.17) is 0 Å². The summed E-state index contributed by atoms with van der Waals surface area (Å²) < 4.78 is 0. The fourth-order valence-electron chi connectivity index (χ4n) is 2.08. The van der Waals surface area contributed by atoms with E-state index in [0.29, 0.717) is 5.82 Å². The third-order valence-corrected chi connectivity index (χ3v) is 3.06. The first-order chi connectivity index (χ1) is 10.2. The molecule has 3 aromatic rings. The number of H-pyrrole nitrogens is 1. The Morgan fingerprint density at radius 2 is 1.76 bits per heavy atom. The molecular formula is C16H14N4O. The molecule has 1 aromatic heterocycles. The minimum Gasteiger partial charge on any atom is -0.319 e. The number of nitrogens with zero attached hydrogens (tertiary/aromatic N) is 2. The number of hydrogen-bond donors (Lipinski definition) is 2. The highest BCUT2D eigenvalue weighted by atomic mass is 16.2. The molecule has 5 heteroatoms. The van der Waals surface area contributed by atoms with Crippen LogP contribution in [0, 0.1) is 6.92 Å². The maximum Gasteiger partial charge on any atom is 0.295 e. The monoisotopic (exact) mass is 278 g/mol. The van der Waals surface area contributed by atoms with Crippen molar-refractivity contribution in [3.63, 3.8) is 0 Å². The number of para-hydroxylation sites is 1. The predicted molar refractivity (Wildman–Crippen MR) is 81.0 cm³/mol. The van der Waals surface area contributed by atoms with E-state index >= 15 is 0 Å². The van der Waals surface area contributed by atoms with E-state index in [1.807, 2.05) is 54.6 Å². The standard InChI is InChI=1S/C16H14N4O/c1-11-17-15(20-19-11)16(21)18-14-10-6-5-9-13(14)12-7-3-2-4-8-12/h2-10H,1H3,(H,18,21)(H,17,19,20). The van der Waals surface area contributed by atoms with Gasteiger partial charge in [0.25, 0.3) is 5.91 Å². The average molecular weight is 278 g/mol. The minimum atomic E-state index is -0.331. The second-order valence-corrected chi connectivity index (χ2v) is 4.61. The molecule has 3 rings (SSSR count). The van der Waals surface area contributed by atoms with Crippen LogP contribution in [-0.2, 0) is 0 Å². The first kappa shape index (κ1) is 13.1. The molecule has 0 spiro atoms. The van der Waals surface area contributed by atoms with Crippen molar-refractivity contribution in [2.24, 2.45) is 0 Å². The van der Waals surface area contributed by atoms with Gasteiger partial charge in [0.1, 0.15) is 5.82 Å². The Balaban J connectivity index is 1.91. The summed E-state index contributed by atoms with van der Waals surface area (Å²) in [6.45, 7) is 1.75. The number of aromatic amines is 1. The van der Waals surface area contributed by atoms with Crippen LogP contribution in [0.2, 0.25) is 0 Å². The number of aryl methyl sites for hydroxylation is 1. The van der Waals surface area contributed by atoms with Crippen LogP contribution in [0.3, 0.4) is 0 Å². The molecule has 1 heterocycles. The van der Waals surface area contributed by atoms with Gasteiger partial charge >= 0.3 is 0 Å².